The van der Waals surface area contributed by atoms with Crippen molar-refractivity contribution in [2.45, 2.75) is 24.8 Å². The number of likely N-dealkylation sites (N-methyl/N-ethyl adjacent to an activating group) is 1. The lowest BCUT2D eigenvalue weighted by molar-refractivity contribution is -0.121. The molecule has 0 aromatic heterocycles. The Hall–Kier alpha value is -1.04. The molecule has 1 N–H and O–H groups in total. The van der Waals surface area contributed by atoms with Gasteiger partial charge in [0.1, 0.15) is 0 Å². The van der Waals surface area contributed by atoms with Crippen molar-refractivity contribution in [2.24, 2.45) is 0 Å². The summed E-state index contributed by atoms with van der Waals surface area (Å²) in [6, 6.07) is 7.91. The van der Waals surface area contributed by atoms with Crippen LogP contribution in [0.3, 0.4) is 0 Å². The highest BCUT2D eigenvalue weighted by atomic mass is 32.2. The van der Waals surface area contributed by atoms with E-state index in [9.17, 15) is 4.79 Å². The molecule has 0 spiro atoms. The number of thioether (sulfide) groups is 1. The molecular formula is C16H25N3OS. The standard InChI is InChI=1S/C16H25N3OS/c1-4-18-8-10-19(11-9-18)13(2)16(20)17-14-6-5-7-15(12-14)21-3/h5-7,12-13H,4,8-11H2,1-3H3,(H,17,20). The van der Waals surface area contributed by atoms with E-state index >= 15 is 0 Å². The van der Waals surface area contributed by atoms with Crippen molar-refractivity contribution in [1.82, 2.24) is 9.80 Å². The Morgan fingerprint density at radius 2 is 2.05 bits per heavy atom. The summed E-state index contributed by atoms with van der Waals surface area (Å²) in [5.41, 5.74) is 0.880. The maximum atomic E-state index is 12.4. The second-order valence-corrected chi connectivity index (χ2v) is 6.25. The number of benzene rings is 1. The molecule has 2 rings (SSSR count). The van der Waals surface area contributed by atoms with E-state index in [0.29, 0.717) is 0 Å². The van der Waals surface area contributed by atoms with Crippen LogP contribution in [0.2, 0.25) is 0 Å². The van der Waals surface area contributed by atoms with Crippen molar-refractivity contribution in [3.8, 4) is 0 Å². The van der Waals surface area contributed by atoms with Crippen LogP contribution < -0.4 is 5.32 Å². The first kappa shape index (κ1) is 16.3. The largest absolute Gasteiger partial charge is 0.325 e. The molecule has 0 aliphatic carbocycles. The molecule has 0 bridgehead atoms. The van der Waals surface area contributed by atoms with Crippen LogP contribution in [0.15, 0.2) is 29.2 Å². The van der Waals surface area contributed by atoms with Crippen molar-refractivity contribution in [3.05, 3.63) is 24.3 Å². The van der Waals surface area contributed by atoms with E-state index in [0.717, 1.165) is 43.3 Å². The molecule has 0 saturated carbocycles. The van der Waals surface area contributed by atoms with Gasteiger partial charge in [0.15, 0.2) is 0 Å². The number of hydrogen-bond acceptors (Lipinski definition) is 4. The molecule has 21 heavy (non-hydrogen) atoms. The molecule has 4 nitrogen and oxygen atoms in total. The third kappa shape index (κ3) is 4.46. The number of hydrogen-bond donors (Lipinski definition) is 1. The van der Waals surface area contributed by atoms with Gasteiger partial charge in [-0.2, -0.15) is 0 Å². The zero-order valence-corrected chi connectivity index (χ0v) is 13.9. The molecule has 1 unspecified atom stereocenters. The highest BCUT2D eigenvalue weighted by Crippen LogP contribution is 2.19. The second kappa shape index (κ2) is 7.82. The van der Waals surface area contributed by atoms with Crippen LogP contribution in [0, 0.1) is 0 Å². The molecule has 1 aromatic rings. The number of carbonyl (C=O) groups excluding carboxylic acids is 1. The highest BCUT2D eigenvalue weighted by molar-refractivity contribution is 7.98. The first-order valence-electron chi connectivity index (χ1n) is 7.55. The summed E-state index contributed by atoms with van der Waals surface area (Å²) in [6.45, 7) is 9.31. The fourth-order valence-electron chi connectivity index (χ4n) is 2.58. The lowest BCUT2D eigenvalue weighted by Crippen LogP contribution is -2.52. The van der Waals surface area contributed by atoms with Crippen molar-refractivity contribution < 1.29 is 4.79 Å². The quantitative estimate of drug-likeness (QED) is 0.847. The van der Waals surface area contributed by atoms with Crippen molar-refractivity contribution >= 4 is 23.4 Å². The minimum Gasteiger partial charge on any atom is -0.325 e. The van der Waals surface area contributed by atoms with Crippen LogP contribution in [-0.2, 0) is 4.79 Å². The lowest BCUT2D eigenvalue weighted by Gasteiger charge is -2.36. The average molecular weight is 307 g/mol. The van der Waals surface area contributed by atoms with E-state index in [1.54, 1.807) is 11.8 Å². The summed E-state index contributed by atoms with van der Waals surface area (Å²) in [4.78, 5) is 18.2. The Labute approximate surface area is 131 Å². The summed E-state index contributed by atoms with van der Waals surface area (Å²) in [5, 5.41) is 3.03. The summed E-state index contributed by atoms with van der Waals surface area (Å²) < 4.78 is 0. The maximum absolute atomic E-state index is 12.4. The number of rotatable bonds is 5. The van der Waals surface area contributed by atoms with Gasteiger partial charge in [-0.05, 0) is 37.9 Å². The summed E-state index contributed by atoms with van der Waals surface area (Å²) in [5.74, 6) is 0.0817. The van der Waals surface area contributed by atoms with Crippen LogP contribution in [-0.4, -0.2) is 60.7 Å². The predicted molar refractivity (Wildman–Crippen MR) is 90.0 cm³/mol. The van der Waals surface area contributed by atoms with Crippen molar-refractivity contribution in [3.63, 3.8) is 0 Å². The number of nitrogens with one attached hydrogen (secondary N) is 1. The topological polar surface area (TPSA) is 35.6 Å². The zero-order chi connectivity index (χ0) is 15.2. The summed E-state index contributed by atoms with van der Waals surface area (Å²) in [6.07, 6.45) is 2.04. The molecular weight excluding hydrogens is 282 g/mol. The monoisotopic (exact) mass is 307 g/mol. The number of nitrogens with zero attached hydrogens (tertiary/aromatic N) is 2. The van der Waals surface area contributed by atoms with E-state index in [2.05, 4.69) is 22.0 Å². The molecule has 1 saturated heterocycles. The highest BCUT2D eigenvalue weighted by Gasteiger charge is 2.24. The van der Waals surface area contributed by atoms with Gasteiger partial charge < -0.3 is 10.2 Å². The van der Waals surface area contributed by atoms with Gasteiger partial charge in [0.25, 0.3) is 0 Å². The van der Waals surface area contributed by atoms with Gasteiger partial charge in [-0.1, -0.05) is 13.0 Å². The van der Waals surface area contributed by atoms with Gasteiger partial charge in [-0.25, -0.2) is 0 Å². The van der Waals surface area contributed by atoms with Gasteiger partial charge in [0, 0.05) is 36.8 Å². The molecule has 5 heteroatoms. The van der Waals surface area contributed by atoms with Crippen molar-refractivity contribution in [2.75, 3.05) is 44.3 Å². The summed E-state index contributed by atoms with van der Waals surface area (Å²) in [7, 11) is 0. The molecule has 1 fully saturated rings. The van der Waals surface area contributed by atoms with Crippen LogP contribution in [0.1, 0.15) is 13.8 Å². The van der Waals surface area contributed by atoms with E-state index in [1.807, 2.05) is 37.4 Å². The smallest absolute Gasteiger partial charge is 0.241 e. The van der Waals surface area contributed by atoms with Crippen LogP contribution in [0.4, 0.5) is 5.69 Å². The Morgan fingerprint density at radius 3 is 2.67 bits per heavy atom. The summed E-state index contributed by atoms with van der Waals surface area (Å²) >= 11 is 1.68. The zero-order valence-electron chi connectivity index (χ0n) is 13.1. The molecule has 1 aromatic carbocycles. The SMILES string of the molecule is CCN1CCN(C(C)C(=O)Nc2cccc(SC)c2)CC1. The Bertz CT molecular complexity index is 472. The van der Waals surface area contributed by atoms with Crippen LogP contribution >= 0.6 is 11.8 Å². The number of anilines is 1. The first-order valence-corrected chi connectivity index (χ1v) is 8.78. The normalized spacial score (nSPS) is 18.4. The minimum atomic E-state index is -0.0815. The first-order chi connectivity index (χ1) is 10.1. The van der Waals surface area contributed by atoms with Gasteiger partial charge in [0.05, 0.1) is 6.04 Å². The third-order valence-electron chi connectivity index (χ3n) is 4.12. The van der Waals surface area contributed by atoms with E-state index in [-0.39, 0.29) is 11.9 Å². The Balaban J connectivity index is 1.90. The van der Waals surface area contributed by atoms with Crippen LogP contribution in [0.5, 0.6) is 0 Å². The van der Waals surface area contributed by atoms with Gasteiger partial charge in [0.2, 0.25) is 5.91 Å². The van der Waals surface area contributed by atoms with Crippen molar-refractivity contribution in [1.29, 1.82) is 0 Å². The molecule has 116 valence electrons. The molecule has 1 atom stereocenters. The number of amides is 1. The molecule has 0 radical (unpaired) electrons. The maximum Gasteiger partial charge on any atom is 0.241 e. The van der Waals surface area contributed by atoms with E-state index in [4.69, 9.17) is 0 Å². The minimum absolute atomic E-state index is 0.0815. The lowest BCUT2D eigenvalue weighted by atomic mass is 10.2. The van der Waals surface area contributed by atoms with E-state index in [1.165, 1.54) is 0 Å². The number of carbonyl (C=O) groups is 1. The third-order valence-corrected chi connectivity index (χ3v) is 4.84. The molecule has 1 aliphatic rings. The molecule has 1 amide bonds. The fraction of sp³-hybridized carbons (Fsp3) is 0.562. The molecule has 1 heterocycles. The number of piperazine rings is 1. The van der Waals surface area contributed by atoms with E-state index < -0.39 is 0 Å². The predicted octanol–water partition coefficient (Wildman–Crippen LogP) is 2.37. The average Bonchev–Trinajstić information content (AvgIpc) is 2.54. The van der Waals surface area contributed by atoms with Gasteiger partial charge in [-0.3, -0.25) is 9.69 Å². The fourth-order valence-corrected chi connectivity index (χ4v) is 3.04. The van der Waals surface area contributed by atoms with Crippen LogP contribution in [0.25, 0.3) is 0 Å². The van der Waals surface area contributed by atoms with Gasteiger partial charge in [-0.15, -0.1) is 11.8 Å². The Morgan fingerprint density at radius 1 is 1.33 bits per heavy atom. The second-order valence-electron chi connectivity index (χ2n) is 5.37. The molecule has 1 aliphatic heterocycles. The van der Waals surface area contributed by atoms with Gasteiger partial charge >= 0.3 is 0 Å². The Kier molecular flexibility index (Phi) is 6.08.